The monoisotopic (exact) mass is 367 g/mol. The number of amides is 2. The predicted octanol–water partition coefficient (Wildman–Crippen LogP) is 1.78. The van der Waals surface area contributed by atoms with E-state index in [0.29, 0.717) is 10.2 Å². The van der Waals surface area contributed by atoms with Crippen LogP contribution in [0.5, 0.6) is 0 Å². The van der Waals surface area contributed by atoms with E-state index in [4.69, 9.17) is 5.73 Å². The van der Waals surface area contributed by atoms with E-state index in [0.717, 1.165) is 4.90 Å². The van der Waals surface area contributed by atoms with E-state index in [1.807, 2.05) is 0 Å². The molecule has 0 aliphatic heterocycles. The first-order chi connectivity index (χ1) is 9.61. The van der Waals surface area contributed by atoms with Crippen LogP contribution in [0.4, 0.5) is 18.9 Å². The summed E-state index contributed by atoms with van der Waals surface area (Å²) in [4.78, 5) is 24.4. The second-order valence-electron chi connectivity index (χ2n) is 4.26. The van der Waals surface area contributed by atoms with Gasteiger partial charge in [0.2, 0.25) is 5.91 Å². The van der Waals surface area contributed by atoms with Crippen LogP contribution in [0.15, 0.2) is 22.7 Å². The summed E-state index contributed by atoms with van der Waals surface area (Å²) < 4.78 is 36.2. The van der Waals surface area contributed by atoms with Gasteiger partial charge in [-0.25, -0.2) is 0 Å². The largest absolute Gasteiger partial charge is 0.405 e. The second-order valence-corrected chi connectivity index (χ2v) is 5.05. The van der Waals surface area contributed by atoms with Gasteiger partial charge in [0, 0.05) is 12.7 Å². The molecule has 3 N–H and O–H groups in total. The van der Waals surface area contributed by atoms with Crippen molar-refractivity contribution in [1.29, 1.82) is 0 Å². The topological polar surface area (TPSA) is 75.4 Å². The summed E-state index contributed by atoms with van der Waals surface area (Å²) in [6, 6.07) is 4.63. The summed E-state index contributed by atoms with van der Waals surface area (Å²) in [5.41, 5.74) is 6.20. The Morgan fingerprint density at radius 2 is 2.00 bits per heavy atom. The summed E-state index contributed by atoms with van der Waals surface area (Å²) in [7, 11) is 1.31. The van der Waals surface area contributed by atoms with Crippen LogP contribution in [0.25, 0.3) is 0 Å². The van der Waals surface area contributed by atoms with Crippen molar-refractivity contribution < 1.29 is 22.8 Å². The number of alkyl halides is 3. The lowest BCUT2D eigenvalue weighted by molar-refractivity contribution is -0.138. The van der Waals surface area contributed by atoms with E-state index in [9.17, 15) is 22.8 Å². The minimum Gasteiger partial charge on any atom is -0.398 e. The number of nitrogens with zero attached hydrogens (tertiary/aromatic N) is 1. The molecule has 0 aliphatic carbocycles. The third kappa shape index (κ3) is 5.25. The normalized spacial score (nSPS) is 11.1. The molecule has 0 atom stereocenters. The van der Waals surface area contributed by atoms with Gasteiger partial charge in [-0.3, -0.25) is 9.59 Å². The highest BCUT2D eigenvalue weighted by Crippen LogP contribution is 2.24. The molecule has 0 aromatic heterocycles. The first kappa shape index (κ1) is 17.3. The molecule has 5 nitrogen and oxygen atoms in total. The number of nitrogens with one attached hydrogen (secondary N) is 1. The van der Waals surface area contributed by atoms with E-state index in [-0.39, 0.29) is 5.56 Å². The number of nitrogens with two attached hydrogens (primary N) is 1. The zero-order valence-corrected chi connectivity index (χ0v) is 12.6. The van der Waals surface area contributed by atoms with Crippen LogP contribution in [-0.4, -0.2) is 43.0 Å². The van der Waals surface area contributed by atoms with Crippen LogP contribution in [0, 0.1) is 0 Å². The predicted molar refractivity (Wildman–Crippen MR) is 74.6 cm³/mol. The van der Waals surface area contributed by atoms with E-state index in [1.54, 1.807) is 17.4 Å². The van der Waals surface area contributed by atoms with E-state index >= 15 is 0 Å². The van der Waals surface area contributed by atoms with Crippen molar-refractivity contribution in [2.24, 2.45) is 0 Å². The summed E-state index contributed by atoms with van der Waals surface area (Å²) >= 11 is 3.15. The van der Waals surface area contributed by atoms with Crippen molar-refractivity contribution in [2.45, 2.75) is 6.18 Å². The molecule has 0 spiro atoms. The van der Waals surface area contributed by atoms with Gasteiger partial charge in [-0.2, -0.15) is 13.2 Å². The molecule has 9 heteroatoms. The molecule has 0 heterocycles. The quantitative estimate of drug-likeness (QED) is 0.796. The molecule has 0 fully saturated rings. The Kier molecular flexibility index (Phi) is 5.59. The highest BCUT2D eigenvalue weighted by atomic mass is 79.9. The first-order valence-electron chi connectivity index (χ1n) is 5.74. The van der Waals surface area contributed by atoms with E-state index < -0.39 is 31.1 Å². The fourth-order valence-electron chi connectivity index (χ4n) is 1.46. The van der Waals surface area contributed by atoms with Crippen LogP contribution in [-0.2, 0) is 4.79 Å². The molecule has 1 aromatic carbocycles. The number of rotatable bonds is 4. The van der Waals surface area contributed by atoms with Gasteiger partial charge in [0.25, 0.3) is 5.91 Å². The smallest absolute Gasteiger partial charge is 0.398 e. The molecule has 0 saturated carbocycles. The number of benzene rings is 1. The molecule has 2 amide bonds. The Bertz CT molecular complexity index is 549. The number of halogens is 4. The fourth-order valence-corrected chi connectivity index (χ4v) is 1.90. The summed E-state index contributed by atoms with van der Waals surface area (Å²) in [6.45, 7) is -1.92. The Morgan fingerprint density at radius 3 is 2.57 bits per heavy atom. The van der Waals surface area contributed by atoms with Crippen LogP contribution in [0.1, 0.15) is 10.4 Å². The van der Waals surface area contributed by atoms with Gasteiger partial charge in [-0.05, 0) is 28.1 Å². The second kappa shape index (κ2) is 6.79. The van der Waals surface area contributed by atoms with Gasteiger partial charge in [-0.1, -0.05) is 6.07 Å². The average molecular weight is 368 g/mol. The van der Waals surface area contributed by atoms with Gasteiger partial charge in [0.05, 0.1) is 16.6 Å². The number of nitrogen functional groups attached to an aromatic ring is 1. The van der Waals surface area contributed by atoms with Crippen molar-refractivity contribution in [1.82, 2.24) is 10.2 Å². The molecule has 0 bridgehead atoms. The molecule has 1 rings (SSSR count). The maximum absolute atomic E-state index is 12.1. The highest BCUT2D eigenvalue weighted by molar-refractivity contribution is 9.10. The number of carbonyl (C=O) groups is 2. The Morgan fingerprint density at radius 1 is 1.38 bits per heavy atom. The molecule has 0 unspecified atom stereocenters. The van der Waals surface area contributed by atoms with Crippen LogP contribution in [0.2, 0.25) is 0 Å². The summed E-state index contributed by atoms with van der Waals surface area (Å²) in [5.74, 6) is -1.43. The van der Waals surface area contributed by atoms with Crippen molar-refractivity contribution in [3.05, 3.63) is 28.2 Å². The lowest BCUT2D eigenvalue weighted by Gasteiger charge is -2.18. The van der Waals surface area contributed by atoms with Crippen molar-refractivity contribution in [3.8, 4) is 0 Å². The summed E-state index contributed by atoms with van der Waals surface area (Å²) in [5, 5.41) is 1.69. The molecule has 1 aromatic rings. The Hall–Kier alpha value is -1.77. The zero-order valence-electron chi connectivity index (χ0n) is 11.0. The standard InChI is InChI=1S/C12H13BrF3N3O2/c1-19(5-9(20)18-6-12(14,15)16)11(21)7-3-2-4-8(17)10(7)13/h2-4H,5-6,17H2,1H3,(H,18,20). The number of likely N-dealkylation sites (N-methyl/N-ethyl adjacent to an activating group) is 1. The van der Waals surface area contributed by atoms with Gasteiger partial charge in [0.15, 0.2) is 0 Å². The highest BCUT2D eigenvalue weighted by Gasteiger charge is 2.28. The van der Waals surface area contributed by atoms with Crippen LogP contribution in [0.3, 0.4) is 0 Å². The Labute approximate surface area is 127 Å². The molecule has 0 aliphatic rings. The number of carbonyl (C=O) groups excluding carboxylic acids is 2. The fraction of sp³-hybridized carbons (Fsp3) is 0.333. The van der Waals surface area contributed by atoms with Crippen molar-refractivity contribution >= 4 is 33.4 Å². The molecule has 21 heavy (non-hydrogen) atoms. The maximum atomic E-state index is 12.1. The molecule has 0 radical (unpaired) electrons. The average Bonchev–Trinajstić information content (AvgIpc) is 2.38. The van der Waals surface area contributed by atoms with Crippen LogP contribution >= 0.6 is 15.9 Å². The lowest BCUT2D eigenvalue weighted by Crippen LogP contribution is -2.41. The minimum absolute atomic E-state index is 0.223. The van der Waals surface area contributed by atoms with Gasteiger partial charge in [0.1, 0.15) is 6.54 Å². The van der Waals surface area contributed by atoms with Crippen LogP contribution < -0.4 is 11.1 Å². The first-order valence-corrected chi connectivity index (χ1v) is 6.54. The number of anilines is 1. The third-order valence-corrected chi connectivity index (χ3v) is 3.36. The van der Waals surface area contributed by atoms with Gasteiger partial charge >= 0.3 is 6.18 Å². The third-order valence-electron chi connectivity index (χ3n) is 2.47. The number of hydrogen-bond donors (Lipinski definition) is 2. The SMILES string of the molecule is CN(CC(=O)NCC(F)(F)F)C(=O)c1cccc(N)c1Br. The Balaban J connectivity index is 2.67. The minimum atomic E-state index is -4.49. The van der Waals surface area contributed by atoms with E-state index in [2.05, 4.69) is 15.9 Å². The zero-order chi connectivity index (χ0) is 16.2. The van der Waals surface area contributed by atoms with Crippen molar-refractivity contribution in [3.63, 3.8) is 0 Å². The maximum Gasteiger partial charge on any atom is 0.405 e. The summed E-state index contributed by atoms with van der Waals surface area (Å²) in [6.07, 6.45) is -4.49. The molecular weight excluding hydrogens is 355 g/mol. The van der Waals surface area contributed by atoms with E-state index in [1.165, 1.54) is 13.1 Å². The molecular formula is C12H13BrF3N3O2. The van der Waals surface area contributed by atoms with Gasteiger partial charge in [-0.15, -0.1) is 0 Å². The van der Waals surface area contributed by atoms with Gasteiger partial charge < -0.3 is 16.0 Å². The number of hydrogen-bond acceptors (Lipinski definition) is 3. The van der Waals surface area contributed by atoms with Crippen molar-refractivity contribution in [2.75, 3.05) is 25.9 Å². The molecule has 116 valence electrons. The lowest BCUT2D eigenvalue weighted by atomic mass is 10.2. The molecule has 0 saturated heterocycles.